The molecule has 0 saturated carbocycles. The first-order valence-corrected chi connectivity index (χ1v) is 7.58. The average Bonchev–Trinajstić information content (AvgIpc) is 3.08. The Bertz CT molecular complexity index is 452. The number of aromatic amines is 1. The quantitative estimate of drug-likeness (QED) is 0.870. The van der Waals surface area contributed by atoms with E-state index in [9.17, 15) is 0 Å². The van der Waals surface area contributed by atoms with E-state index in [-0.39, 0.29) is 5.41 Å². The van der Waals surface area contributed by atoms with Crippen molar-refractivity contribution in [3.05, 3.63) is 5.82 Å². The van der Waals surface area contributed by atoms with Crippen LogP contribution in [0.25, 0.3) is 0 Å². The van der Waals surface area contributed by atoms with Gasteiger partial charge in [-0.05, 0) is 38.1 Å². The highest BCUT2D eigenvalue weighted by molar-refractivity contribution is 5.30. The highest BCUT2D eigenvalue weighted by atomic mass is 16.5. The first kappa shape index (κ1) is 13.8. The average molecular weight is 279 g/mol. The molecule has 2 saturated heterocycles. The van der Waals surface area contributed by atoms with Gasteiger partial charge in [0.15, 0.2) is 0 Å². The van der Waals surface area contributed by atoms with Gasteiger partial charge in [0.2, 0.25) is 5.95 Å². The fourth-order valence-electron chi connectivity index (χ4n) is 3.05. The second-order valence-corrected chi connectivity index (χ2v) is 6.60. The van der Waals surface area contributed by atoms with E-state index in [0.717, 1.165) is 57.3 Å². The van der Waals surface area contributed by atoms with Crippen LogP contribution in [0.5, 0.6) is 0 Å². The monoisotopic (exact) mass is 279 g/mol. The third kappa shape index (κ3) is 2.67. The smallest absolute Gasteiger partial charge is 0.244 e. The molecule has 20 heavy (non-hydrogen) atoms. The van der Waals surface area contributed by atoms with Crippen LogP contribution in [-0.4, -0.2) is 47.5 Å². The van der Waals surface area contributed by atoms with Crippen LogP contribution in [0.4, 0.5) is 5.95 Å². The molecule has 6 nitrogen and oxygen atoms in total. The molecule has 2 aliphatic heterocycles. The van der Waals surface area contributed by atoms with Gasteiger partial charge in [-0.3, -0.25) is 5.10 Å². The highest BCUT2D eigenvalue weighted by Crippen LogP contribution is 2.32. The molecule has 2 fully saturated rings. The summed E-state index contributed by atoms with van der Waals surface area (Å²) in [5, 5.41) is 7.48. The van der Waals surface area contributed by atoms with E-state index in [1.165, 1.54) is 0 Å². The van der Waals surface area contributed by atoms with Crippen molar-refractivity contribution >= 4 is 5.95 Å². The molecule has 0 radical (unpaired) electrons. The van der Waals surface area contributed by atoms with Crippen LogP contribution < -0.4 is 10.6 Å². The molecule has 0 bridgehead atoms. The number of rotatable bonds is 3. The Balaban J connectivity index is 1.63. The lowest BCUT2D eigenvalue weighted by molar-refractivity contribution is 0.123. The van der Waals surface area contributed by atoms with Crippen LogP contribution in [0.2, 0.25) is 0 Å². The standard InChI is InChI=1S/C14H25N5O/c1-10-7-11(8-20-10)12-16-13(18-17-12)19-5-3-14(2,9-15)4-6-19/h10-11H,3-9,15H2,1-2H3,(H,16,17,18). The topological polar surface area (TPSA) is 80.1 Å². The third-order valence-corrected chi connectivity index (χ3v) is 4.82. The molecule has 0 spiro atoms. The van der Waals surface area contributed by atoms with Crippen molar-refractivity contribution in [1.29, 1.82) is 0 Å². The predicted octanol–water partition coefficient (Wildman–Crippen LogP) is 1.26. The second-order valence-electron chi connectivity index (χ2n) is 6.60. The second kappa shape index (κ2) is 5.33. The van der Waals surface area contributed by atoms with Crippen LogP contribution >= 0.6 is 0 Å². The summed E-state index contributed by atoms with van der Waals surface area (Å²) in [6.45, 7) is 7.87. The van der Waals surface area contributed by atoms with Gasteiger partial charge in [-0.2, -0.15) is 4.98 Å². The summed E-state index contributed by atoms with van der Waals surface area (Å²) in [6, 6.07) is 0. The first-order chi connectivity index (χ1) is 9.59. The van der Waals surface area contributed by atoms with Crippen molar-refractivity contribution in [2.45, 2.75) is 45.1 Å². The van der Waals surface area contributed by atoms with Crippen molar-refractivity contribution < 1.29 is 4.74 Å². The van der Waals surface area contributed by atoms with E-state index in [4.69, 9.17) is 10.5 Å². The molecule has 112 valence electrons. The van der Waals surface area contributed by atoms with E-state index < -0.39 is 0 Å². The maximum absolute atomic E-state index is 5.85. The Kier molecular flexibility index (Phi) is 3.69. The third-order valence-electron chi connectivity index (χ3n) is 4.82. The summed E-state index contributed by atoms with van der Waals surface area (Å²) in [5.41, 5.74) is 6.13. The molecule has 2 aliphatic rings. The Morgan fingerprint density at radius 1 is 1.45 bits per heavy atom. The molecule has 1 aromatic heterocycles. The van der Waals surface area contributed by atoms with Crippen molar-refractivity contribution in [1.82, 2.24) is 15.2 Å². The summed E-state index contributed by atoms with van der Waals surface area (Å²) >= 11 is 0. The molecule has 6 heteroatoms. The van der Waals surface area contributed by atoms with Crippen LogP contribution in [0.3, 0.4) is 0 Å². The van der Waals surface area contributed by atoms with Crippen molar-refractivity contribution in [2.24, 2.45) is 11.1 Å². The molecule has 3 rings (SSSR count). The normalized spacial score (nSPS) is 29.9. The molecular weight excluding hydrogens is 254 g/mol. The number of piperidine rings is 1. The van der Waals surface area contributed by atoms with E-state index in [0.29, 0.717) is 12.0 Å². The number of nitrogens with two attached hydrogens (primary N) is 1. The zero-order chi connectivity index (χ0) is 14.2. The van der Waals surface area contributed by atoms with Crippen molar-refractivity contribution in [2.75, 3.05) is 31.1 Å². The number of hydrogen-bond donors (Lipinski definition) is 2. The number of nitrogens with zero attached hydrogens (tertiary/aromatic N) is 3. The summed E-state index contributed by atoms with van der Waals surface area (Å²) in [4.78, 5) is 6.93. The van der Waals surface area contributed by atoms with Crippen LogP contribution in [-0.2, 0) is 4.74 Å². The minimum absolute atomic E-state index is 0.282. The van der Waals surface area contributed by atoms with E-state index >= 15 is 0 Å². The Morgan fingerprint density at radius 2 is 2.20 bits per heavy atom. The number of nitrogens with one attached hydrogen (secondary N) is 1. The summed E-state index contributed by atoms with van der Waals surface area (Å²) < 4.78 is 5.60. The molecule has 3 N–H and O–H groups in total. The van der Waals surface area contributed by atoms with E-state index in [1.54, 1.807) is 0 Å². The van der Waals surface area contributed by atoms with E-state index in [1.807, 2.05) is 0 Å². The van der Waals surface area contributed by atoms with Gasteiger partial charge in [-0.25, -0.2) is 0 Å². The van der Waals surface area contributed by atoms with Gasteiger partial charge in [0, 0.05) is 19.0 Å². The van der Waals surface area contributed by atoms with Gasteiger partial charge < -0.3 is 15.4 Å². The first-order valence-electron chi connectivity index (χ1n) is 7.58. The van der Waals surface area contributed by atoms with Gasteiger partial charge in [-0.15, -0.1) is 5.10 Å². The number of anilines is 1. The Hall–Kier alpha value is -1.14. The number of aromatic nitrogens is 3. The maximum atomic E-state index is 5.85. The fourth-order valence-corrected chi connectivity index (χ4v) is 3.05. The highest BCUT2D eigenvalue weighted by Gasteiger charge is 2.31. The van der Waals surface area contributed by atoms with Gasteiger partial charge in [0.05, 0.1) is 12.7 Å². The molecule has 2 atom stereocenters. The minimum atomic E-state index is 0.282. The van der Waals surface area contributed by atoms with E-state index in [2.05, 4.69) is 33.9 Å². The van der Waals surface area contributed by atoms with Crippen LogP contribution in [0, 0.1) is 5.41 Å². The summed E-state index contributed by atoms with van der Waals surface area (Å²) in [6.07, 6.45) is 3.57. The molecule has 1 aromatic rings. The van der Waals surface area contributed by atoms with Crippen LogP contribution in [0.15, 0.2) is 0 Å². The largest absolute Gasteiger partial charge is 0.378 e. The lowest BCUT2D eigenvalue weighted by Crippen LogP contribution is -2.42. The fraction of sp³-hybridized carbons (Fsp3) is 0.857. The van der Waals surface area contributed by atoms with Gasteiger partial charge >= 0.3 is 0 Å². The SMILES string of the molecule is CC1CC(c2nc(N3CCC(C)(CN)CC3)n[nH]2)CO1. The molecule has 0 amide bonds. The van der Waals surface area contributed by atoms with Crippen LogP contribution in [0.1, 0.15) is 44.9 Å². The summed E-state index contributed by atoms with van der Waals surface area (Å²) in [5.74, 6) is 2.17. The number of H-pyrrole nitrogens is 1. The maximum Gasteiger partial charge on any atom is 0.244 e. The molecule has 3 heterocycles. The number of hydrogen-bond acceptors (Lipinski definition) is 5. The lowest BCUT2D eigenvalue weighted by Gasteiger charge is -2.38. The number of ether oxygens (including phenoxy) is 1. The lowest BCUT2D eigenvalue weighted by atomic mass is 9.81. The van der Waals surface area contributed by atoms with Crippen molar-refractivity contribution in [3.63, 3.8) is 0 Å². The molecular formula is C14H25N5O. The van der Waals surface area contributed by atoms with Gasteiger partial charge in [0.1, 0.15) is 5.82 Å². The molecule has 0 aromatic carbocycles. The minimum Gasteiger partial charge on any atom is -0.378 e. The molecule has 0 aliphatic carbocycles. The Morgan fingerprint density at radius 3 is 2.80 bits per heavy atom. The zero-order valence-electron chi connectivity index (χ0n) is 12.4. The van der Waals surface area contributed by atoms with Gasteiger partial charge in [0.25, 0.3) is 0 Å². The predicted molar refractivity (Wildman–Crippen MR) is 77.8 cm³/mol. The Labute approximate surface area is 120 Å². The van der Waals surface area contributed by atoms with Crippen molar-refractivity contribution in [3.8, 4) is 0 Å². The summed E-state index contributed by atoms with van der Waals surface area (Å²) in [7, 11) is 0. The van der Waals surface area contributed by atoms with Gasteiger partial charge in [-0.1, -0.05) is 6.92 Å². The molecule has 2 unspecified atom stereocenters. The zero-order valence-corrected chi connectivity index (χ0v) is 12.4.